The molecule has 0 atom stereocenters. The van der Waals surface area contributed by atoms with Crippen LogP contribution in [0.25, 0.3) is 11.0 Å². The number of nitrogens with two attached hydrogens (primary N) is 2. The molecule has 2 rings (SSSR count). The average molecular weight is 217 g/mol. The number of hydrogen-bond acceptors (Lipinski definition) is 5. The molecule has 1 aromatic heterocycles. The number of benzene rings is 1. The molecule has 80 valence electrons. The van der Waals surface area contributed by atoms with Gasteiger partial charge in [0.25, 0.3) is 5.52 Å². The molecule has 0 radical (unpaired) electrons. The normalized spacial score (nSPS) is 10.2. The molecule has 0 fully saturated rings. The minimum atomic E-state index is -0.435. The van der Waals surface area contributed by atoms with Crippen LogP contribution >= 0.6 is 0 Å². The average Bonchev–Trinajstić information content (AvgIpc) is 2.27. The van der Waals surface area contributed by atoms with Crippen LogP contribution in [0.15, 0.2) is 18.2 Å². The number of nitrogen functional groups attached to an aromatic ring is 2. The standard InChI is InChI=1S/C9H7N5O2/c10-4-8-9(12)14(16)7-3-5(11)1-2-6(7)13(8)15/h1-3H,11-12H2. The van der Waals surface area contributed by atoms with Crippen molar-refractivity contribution in [2.75, 3.05) is 11.5 Å². The SMILES string of the molecule is N#Cc1c(N)[n+]([O-])c2cc(N)ccc2[n+]1[O-]. The molecule has 7 heteroatoms. The van der Waals surface area contributed by atoms with Crippen LogP contribution in [-0.2, 0) is 0 Å². The Labute approximate surface area is 89.9 Å². The van der Waals surface area contributed by atoms with Crippen LogP contribution in [-0.4, -0.2) is 0 Å². The Hall–Kier alpha value is -2.75. The molecule has 0 aliphatic heterocycles. The summed E-state index contributed by atoms with van der Waals surface area (Å²) in [7, 11) is 0. The van der Waals surface area contributed by atoms with Crippen molar-refractivity contribution in [3.8, 4) is 6.07 Å². The van der Waals surface area contributed by atoms with Gasteiger partial charge < -0.3 is 16.1 Å². The third-order valence-electron chi connectivity index (χ3n) is 2.21. The fourth-order valence-electron chi connectivity index (χ4n) is 1.43. The fourth-order valence-corrected chi connectivity index (χ4v) is 1.43. The van der Waals surface area contributed by atoms with Gasteiger partial charge in [-0.2, -0.15) is 5.26 Å². The molecule has 7 nitrogen and oxygen atoms in total. The van der Waals surface area contributed by atoms with Crippen molar-refractivity contribution in [2.24, 2.45) is 0 Å². The topological polar surface area (TPSA) is 130 Å². The van der Waals surface area contributed by atoms with Gasteiger partial charge in [-0.1, -0.05) is 0 Å². The van der Waals surface area contributed by atoms with Crippen LogP contribution in [0, 0.1) is 21.7 Å². The number of aromatic nitrogens is 2. The first kappa shape index (κ1) is 9.79. The summed E-state index contributed by atoms with van der Waals surface area (Å²) in [5.41, 5.74) is 10.9. The van der Waals surface area contributed by atoms with Crippen LogP contribution in [0.2, 0.25) is 0 Å². The summed E-state index contributed by atoms with van der Waals surface area (Å²) in [4.78, 5) is 0. The maximum atomic E-state index is 11.7. The number of fused-ring (bicyclic) bond motifs is 1. The zero-order chi connectivity index (χ0) is 11.9. The Morgan fingerprint density at radius 1 is 1.12 bits per heavy atom. The van der Waals surface area contributed by atoms with Gasteiger partial charge in [-0.25, -0.2) is 4.73 Å². The van der Waals surface area contributed by atoms with Gasteiger partial charge in [-0.3, -0.25) is 5.73 Å². The predicted molar refractivity (Wildman–Crippen MR) is 55.4 cm³/mol. The third kappa shape index (κ3) is 1.14. The lowest BCUT2D eigenvalue weighted by Gasteiger charge is -2.10. The van der Waals surface area contributed by atoms with Gasteiger partial charge >= 0.3 is 11.5 Å². The zero-order valence-electron chi connectivity index (χ0n) is 8.04. The number of hydrogen-bond donors (Lipinski definition) is 2. The molecule has 0 aliphatic carbocycles. The lowest BCUT2D eigenvalue weighted by Crippen LogP contribution is -2.43. The monoisotopic (exact) mass is 217 g/mol. The molecule has 0 saturated heterocycles. The molecule has 4 N–H and O–H groups in total. The quantitative estimate of drug-likeness (QED) is 0.337. The molecular formula is C9H7N5O2. The fraction of sp³-hybridized carbons (Fsp3) is 0. The van der Waals surface area contributed by atoms with Gasteiger partial charge in [0.1, 0.15) is 0 Å². The van der Waals surface area contributed by atoms with Crippen molar-refractivity contribution >= 4 is 22.5 Å². The smallest absolute Gasteiger partial charge is 0.385 e. The maximum absolute atomic E-state index is 11.7. The van der Waals surface area contributed by atoms with Crippen LogP contribution in [0.1, 0.15) is 5.69 Å². The first-order valence-corrected chi connectivity index (χ1v) is 4.30. The highest BCUT2D eigenvalue weighted by Gasteiger charge is 2.23. The van der Waals surface area contributed by atoms with Crippen LogP contribution in [0.3, 0.4) is 0 Å². The molecule has 1 heterocycles. The van der Waals surface area contributed by atoms with Crippen LogP contribution < -0.4 is 20.9 Å². The Kier molecular flexibility index (Phi) is 1.92. The summed E-state index contributed by atoms with van der Waals surface area (Å²) in [6.07, 6.45) is 0. The van der Waals surface area contributed by atoms with Crippen molar-refractivity contribution < 1.29 is 9.46 Å². The number of rotatable bonds is 0. The van der Waals surface area contributed by atoms with E-state index in [1.54, 1.807) is 6.07 Å². The van der Waals surface area contributed by atoms with Gasteiger partial charge in [0.2, 0.25) is 5.52 Å². The Balaban J connectivity index is 3.03. The van der Waals surface area contributed by atoms with Crippen molar-refractivity contribution in [1.82, 2.24) is 0 Å². The van der Waals surface area contributed by atoms with E-state index in [0.29, 0.717) is 15.1 Å². The van der Waals surface area contributed by atoms with E-state index in [1.807, 2.05) is 0 Å². The molecule has 16 heavy (non-hydrogen) atoms. The van der Waals surface area contributed by atoms with Gasteiger partial charge in [0.05, 0.1) is 0 Å². The minimum absolute atomic E-state index is 0.0338. The second-order valence-electron chi connectivity index (χ2n) is 3.18. The van der Waals surface area contributed by atoms with E-state index >= 15 is 0 Å². The summed E-state index contributed by atoms with van der Waals surface area (Å²) in [5.74, 6) is -0.435. The molecule has 2 aromatic rings. The molecule has 0 saturated carbocycles. The van der Waals surface area contributed by atoms with E-state index in [9.17, 15) is 10.4 Å². The van der Waals surface area contributed by atoms with E-state index in [1.165, 1.54) is 18.2 Å². The molecule has 0 bridgehead atoms. The molecule has 1 aromatic carbocycles. The Bertz CT molecular complexity index is 632. The third-order valence-corrected chi connectivity index (χ3v) is 2.21. The highest BCUT2D eigenvalue weighted by molar-refractivity contribution is 5.73. The van der Waals surface area contributed by atoms with Gasteiger partial charge in [-0.15, -0.1) is 4.73 Å². The first-order valence-electron chi connectivity index (χ1n) is 4.30. The summed E-state index contributed by atoms with van der Waals surface area (Å²) < 4.78 is 0.636. The first-order chi connectivity index (χ1) is 7.56. The minimum Gasteiger partial charge on any atom is -0.710 e. The van der Waals surface area contributed by atoms with Crippen LogP contribution in [0.4, 0.5) is 11.5 Å². The van der Waals surface area contributed by atoms with Gasteiger partial charge in [-0.05, 0) is 6.07 Å². The zero-order valence-corrected chi connectivity index (χ0v) is 8.04. The summed E-state index contributed by atoms with van der Waals surface area (Å²) in [6.45, 7) is 0. The summed E-state index contributed by atoms with van der Waals surface area (Å²) in [6, 6.07) is 5.75. The van der Waals surface area contributed by atoms with Gasteiger partial charge in [0.15, 0.2) is 6.07 Å². The summed E-state index contributed by atoms with van der Waals surface area (Å²) in [5, 5.41) is 32.0. The predicted octanol–water partition coefficient (Wildman–Crippen LogP) is -0.857. The highest BCUT2D eigenvalue weighted by atomic mass is 16.5. The van der Waals surface area contributed by atoms with Crippen molar-refractivity contribution in [3.05, 3.63) is 34.3 Å². The maximum Gasteiger partial charge on any atom is 0.385 e. The lowest BCUT2D eigenvalue weighted by atomic mass is 10.2. The molecule has 0 aliphatic rings. The second-order valence-corrected chi connectivity index (χ2v) is 3.18. The van der Waals surface area contributed by atoms with E-state index in [-0.39, 0.29) is 11.0 Å². The number of nitriles is 1. The summed E-state index contributed by atoms with van der Waals surface area (Å²) >= 11 is 0. The largest absolute Gasteiger partial charge is 0.710 e. The molecular weight excluding hydrogens is 210 g/mol. The number of nitrogens with zero attached hydrogens (tertiary/aromatic N) is 3. The Morgan fingerprint density at radius 3 is 2.44 bits per heavy atom. The lowest BCUT2D eigenvalue weighted by molar-refractivity contribution is -0.620. The van der Waals surface area contributed by atoms with Gasteiger partial charge in [0, 0.05) is 17.8 Å². The number of anilines is 2. The highest BCUT2D eigenvalue weighted by Crippen LogP contribution is 2.13. The van der Waals surface area contributed by atoms with E-state index in [2.05, 4.69) is 0 Å². The van der Waals surface area contributed by atoms with E-state index < -0.39 is 11.5 Å². The van der Waals surface area contributed by atoms with E-state index in [4.69, 9.17) is 16.7 Å². The molecule has 0 unspecified atom stereocenters. The second kappa shape index (κ2) is 3.13. The Morgan fingerprint density at radius 2 is 1.81 bits per heavy atom. The molecule has 0 spiro atoms. The van der Waals surface area contributed by atoms with Crippen molar-refractivity contribution in [2.45, 2.75) is 0 Å². The van der Waals surface area contributed by atoms with E-state index in [0.717, 1.165) is 0 Å². The van der Waals surface area contributed by atoms with Crippen molar-refractivity contribution in [1.29, 1.82) is 5.26 Å². The van der Waals surface area contributed by atoms with Crippen molar-refractivity contribution in [3.63, 3.8) is 0 Å². The van der Waals surface area contributed by atoms with Crippen LogP contribution in [0.5, 0.6) is 0 Å². The molecule has 0 amide bonds.